The Morgan fingerprint density at radius 3 is 1.83 bits per heavy atom. The molecule has 0 fully saturated rings. The highest BCUT2D eigenvalue weighted by Crippen LogP contribution is 2.10. The van der Waals surface area contributed by atoms with Crippen LogP contribution in [0.15, 0.2) is 0 Å². The van der Waals surface area contributed by atoms with Crippen LogP contribution in [-0.2, 0) is 4.74 Å². The van der Waals surface area contributed by atoms with Gasteiger partial charge in [0.1, 0.15) is 0 Å². The molecule has 0 heterocycles. The summed E-state index contributed by atoms with van der Waals surface area (Å²) in [7, 11) is 0. The molecule has 2 atom stereocenters. The van der Waals surface area contributed by atoms with Crippen molar-refractivity contribution in [1.29, 1.82) is 0 Å². The average molecular weight is 332 g/mol. The fraction of sp³-hybridized carbons (Fsp3) is 1.00. The van der Waals surface area contributed by atoms with E-state index in [1.807, 2.05) is 0 Å². The van der Waals surface area contributed by atoms with Crippen LogP contribution < -0.4 is 0 Å². The maximum absolute atomic E-state index is 9.47. The van der Waals surface area contributed by atoms with Crippen LogP contribution in [-0.4, -0.2) is 60.2 Å². The molecule has 0 aliphatic heterocycles. The molecule has 2 N–H and O–H groups in total. The van der Waals surface area contributed by atoms with Gasteiger partial charge in [0.2, 0.25) is 0 Å². The number of rotatable bonds is 16. The van der Waals surface area contributed by atoms with E-state index < -0.39 is 0 Å². The molecular weight excluding hydrogens is 290 g/mol. The van der Waals surface area contributed by atoms with E-state index >= 15 is 0 Å². The lowest BCUT2D eigenvalue weighted by Crippen LogP contribution is -2.37. The molecule has 0 rings (SSSR count). The van der Waals surface area contributed by atoms with E-state index in [1.54, 1.807) is 13.8 Å². The third-order valence-electron chi connectivity index (χ3n) is 3.88. The van der Waals surface area contributed by atoms with E-state index in [-0.39, 0.29) is 12.2 Å². The highest BCUT2D eigenvalue weighted by molar-refractivity contribution is 4.64. The second-order valence-corrected chi connectivity index (χ2v) is 7.37. The third kappa shape index (κ3) is 18.0. The van der Waals surface area contributed by atoms with Gasteiger partial charge in [-0.3, -0.25) is 4.90 Å². The Morgan fingerprint density at radius 1 is 0.739 bits per heavy atom. The van der Waals surface area contributed by atoms with Gasteiger partial charge in [-0.05, 0) is 32.6 Å². The van der Waals surface area contributed by atoms with Gasteiger partial charge in [0, 0.05) is 32.8 Å². The summed E-state index contributed by atoms with van der Waals surface area (Å²) in [5.41, 5.74) is 0. The lowest BCUT2D eigenvalue weighted by Gasteiger charge is -2.24. The van der Waals surface area contributed by atoms with Crippen LogP contribution in [0.2, 0.25) is 0 Å². The first kappa shape index (κ1) is 22.8. The molecule has 0 aliphatic rings. The van der Waals surface area contributed by atoms with Gasteiger partial charge in [-0.2, -0.15) is 0 Å². The van der Waals surface area contributed by atoms with Gasteiger partial charge >= 0.3 is 0 Å². The molecule has 4 heteroatoms. The predicted molar refractivity (Wildman–Crippen MR) is 97.8 cm³/mol. The molecule has 140 valence electrons. The summed E-state index contributed by atoms with van der Waals surface area (Å²) in [6.45, 7) is 11.9. The van der Waals surface area contributed by atoms with Crippen molar-refractivity contribution in [3.05, 3.63) is 0 Å². The van der Waals surface area contributed by atoms with Gasteiger partial charge in [-0.15, -0.1) is 0 Å². The average Bonchev–Trinajstić information content (AvgIpc) is 2.42. The van der Waals surface area contributed by atoms with Crippen molar-refractivity contribution in [3.63, 3.8) is 0 Å². The Balaban J connectivity index is 3.42. The minimum absolute atomic E-state index is 0.356. The van der Waals surface area contributed by atoms with Crippen LogP contribution in [0.5, 0.6) is 0 Å². The molecule has 0 bridgehead atoms. The Morgan fingerprint density at radius 2 is 1.26 bits per heavy atom. The summed E-state index contributed by atoms with van der Waals surface area (Å²) >= 11 is 0. The molecule has 0 saturated carbocycles. The molecule has 0 aromatic rings. The Labute approximate surface area is 144 Å². The zero-order valence-corrected chi connectivity index (χ0v) is 16.0. The highest BCUT2D eigenvalue weighted by atomic mass is 16.5. The van der Waals surface area contributed by atoms with Crippen LogP contribution in [0.3, 0.4) is 0 Å². The molecule has 2 unspecified atom stereocenters. The standard InChI is InChI=1S/C19H41NO3/c1-17(2)11-8-6-5-7-9-13-23-14-10-12-20(15-18(3)21)16-19(4)22/h17-19,21-22H,5-16H2,1-4H3. The molecule has 0 aromatic heterocycles. The Bertz CT molecular complexity index is 235. The molecule has 0 aromatic carbocycles. The first-order valence-electron chi connectivity index (χ1n) is 9.58. The zero-order valence-electron chi connectivity index (χ0n) is 16.0. The van der Waals surface area contributed by atoms with Gasteiger partial charge in [0.25, 0.3) is 0 Å². The number of hydrogen-bond donors (Lipinski definition) is 2. The second-order valence-electron chi connectivity index (χ2n) is 7.37. The highest BCUT2D eigenvalue weighted by Gasteiger charge is 2.10. The first-order chi connectivity index (χ1) is 10.9. The van der Waals surface area contributed by atoms with Crippen molar-refractivity contribution in [2.45, 2.75) is 84.8 Å². The van der Waals surface area contributed by atoms with Crippen molar-refractivity contribution in [1.82, 2.24) is 4.90 Å². The SMILES string of the molecule is CC(C)CCCCCCCOCCCN(CC(C)O)CC(C)O. The predicted octanol–water partition coefficient (Wildman–Crippen LogP) is 3.45. The van der Waals surface area contributed by atoms with Crippen molar-refractivity contribution in [3.8, 4) is 0 Å². The smallest absolute Gasteiger partial charge is 0.0639 e. The van der Waals surface area contributed by atoms with Crippen molar-refractivity contribution >= 4 is 0 Å². The molecule has 23 heavy (non-hydrogen) atoms. The monoisotopic (exact) mass is 331 g/mol. The van der Waals surface area contributed by atoms with Crippen LogP contribution >= 0.6 is 0 Å². The Hall–Kier alpha value is -0.160. The fourth-order valence-corrected chi connectivity index (χ4v) is 2.78. The molecule has 0 amide bonds. The molecular formula is C19H41NO3. The number of aliphatic hydroxyl groups excluding tert-OH is 2. The summed E-state index contributed by atoms with van der Waals surface area (Å²) in [5, 5.41) is 18.9. The lowest BCUT2D eigenvalue weighted by atomic mass is 10.0. The van der Waals surface area contributed by atoms with Gasteiger partial charge in [0.15, 0.2) is 0 Å². The minimum atomic E-state index is -0.356. The van der Waals surface area contributed by atoms with Gasteiger partial charge in [0.05, 0.1) is 12.2 Å². The van der Waals surface area contributed by atoms with Gasteiger partial charge in [-0.25, -0.2) is 0 Å². The number of aliphatic hydroxyl groups is 2. The Kier molecular flexibility index (Phi) is 15.3. The number of nitrogens with zero attached hydrogens (tertiary/aromatic N) is 1. The fourth-order valence-electron chi connectivity index (χ4n) is 2.78. The first-order valence-corrected chi connectivity index (χ1v) is 9.58. The number of hydrogen-bond acceptors (Lipinski definition) is 4. The quantitative estimate of drug-likeness (QED) is 0.425. The van der Waals surface area contributed by atoms with Gasteiger partial charge in [-0.1, -0.05) is 46.0 Å². The summed E-state index contributed by atoms with van der Waals surface area (Å²) in [6.07, 6.45) is 8.07. The van der Waals surface area contributed by atoms with E-state index in [2.05, 4.69) is 18.7 Å². The van der Waals surface area contributed by atoms with Crippen LogP contribution in [0.1, 0.15) is 72.6 Å². The second kappa shape index (κ2) is 15.4. The van der Waals surface area contributed by atoms with Gasteiger partial charge < -0.3 is 14.9 Å². The maximum Gasteiger partial charge on any atom is 0.0639 e. The normalized spacial score (nSPS) is 14.6. The minimum Gasteiger partial charge on any atom is -0.392 e. The molecule has 0 saturated heterocycles. The molecule has 4 nitrogen and oxygen atoms in total. The number of unbranched alkanes of at least 4 members (excludes halogenated alkanes) is 4. The third-order valence-corrected chi connectivity index (χ3v) is 3.88. The maximum atomic E-state index is 9.47. The number of ether oxygens (including phenoxy) is 1. The van der Waals surface area contributed by atoms with Crippen molar-refractivity contribution < 1.29 is 14.9 Å². The molecule has 0 aliphatic carbocycles. The van der Waals surface area contributed by atoms with Crippen LogP contribution in [0.4, 0.5) is 0 Å². The molecule has 0 radical (unpaired) electrons. The summed E-state index contributed by atoms with van der Waals surface area (Å²) < 4.78 is 5.69. The topological polar surface area (TPSA) is 52.9 Å². The van der Waals surface area contributed by atoms with E-state index in [9.17, 15) is 10.2 Å². The van der Waals surface area contributed by atoms with Crippen LogP contribution in [0, 0.1) is 5.92 Å². The van der Waals surface area contributed by atoms with E-state index in [0.29, 0.717) is 13.1 Å². The lowest BCUT2D eigenvalue weighted by molar-refractivity contribution is 0.0701. The zero-order chi connectivity index (χ0) is 17.5. The van der Waals surface area contributed by atoms with Crippen molar-refractivity contribution in [2.75, 3.05) is 32.8 Å². The van der Waals surface area contributed by atoms with E-state index in [1.165, 1.54) is 32.1 Å². The summed E-state index contributed by atoms with van der Waals surface area (Å²) in [6, 6.07) is 0. The van der Waals surface area contributed by atoms with Crippen LogP contribution in [0.25, 0.3) is 0 Å². The van der Waals surface area contributed by atoms with E-state index in [0.717, 1.165) is 38.5 Å². The largest absolute Gasteiger partial charge is 0.392 e. The summed E-state index contributed by atoms with van der Waals surface area (Å²) in [4.78, 5) is 2.10. The summed E-state index contributed by atoms with van der Waals surface area (Å²) in [5.74, 6) is 0.834. The van der Waals surface area contributed by atoms with E-state index in [4.69, 9.17) is 4.74 Å². The molecule has 0 spiro atoms. The van der Waals surface area contributed by atoms with Crippen molar-refractivity contribution in [2.24, 2.45) is 5.92 Å².